The molecule has 0 aliphatic rings. The molecular formula is C35H38O8. The van der Waals surface area contributed by atoms with Crippen molar-refractivity contribution in [3.8, 4) is 39.5 Å². The fraction of sp³-hybridized carbons (Fsp3) is 0.286. The molecule has 0 N–H and O–H groups in total. The number of esters is 3. The monoisotopic (exact) mass is 586 g/mol. The summed E-state index contributed by atoms with van der Waals surface area (Å²) in [4.78, 5) is 35.5. The van der Waals surface area contributed by atoms with E-state index in [1.54, 1.807) is 52.8 Å². The maximum atomic E-state index is 12.0. The number of carbonyl (C=O) groups is 3. The van der Waals surface area contributed by atoms with Crippen LogP contribution < -0.4 is 14.2 Å². The summed E-state index contributed by atoms with van der Waals surface area (Å²) in [6, 6.07) is 20.8. The van der Waals surface area contributed by atoms with Crippen LogP contribution in [0.3, 0.4) is 0 Å². The van der Waals surface area contributed by atoms with Gasteiger partial charge in [0.15, 0.2) is 11.5 Å². The molecule has 0 saturated carbocycles. The van der Waals surface area contributed by atoms with Gasteiger partial charge in [0.2, 0.25) is 0 Å². The van der Waals surface area contributed by atoms with Crippen molar-refractivity contribution in [1.82, 2.24) is 0 Å². The molecule has 0 unspecified atom stereocenters. The van der Waals surface area contributed by atoms with Crippen molar-refractivity contribution in [2.75, 3.05) is 26.4 Å². The Morgan fingerprint density at radius 3 is 1.60 bits per heavy atom. The van der Waals surface area contributed by atoms with Gasteiger partial charge in [-0.15, -0.1) is 0 Å². The standard InChI is InChI=1S/C35H38O8/c1-23(2)32(36)41-20-18-40-31-22-28(14-17-30(31)39-19-21-42-34(38)35(5,6)7)27-10-8-25(9-11-27)26-12-15-29(16-13-26)43-33(37)24(3)4/h8-17,22H,1,3,18-21H2,2,4-7H3. The molecule has 0 aliphatic heterocycles. The molecule has 0 atom stereocenters. The number of hydrogen-bond acceptors (Lipinski definition) is 8. The minimum atomic E-state index is -0.602. The molecule has 0 spiro atoms. The van der Waals surface area contributed by atoms with Crippen molar-refractivity contribution < 1.29 is 38.1 Å². The first kappa shape index (κ1) is 32.7. The number of benzene rings is 3. The van der Waals surface area contributed by atoms with Crippen molar-refractivity contribution >= 4 is 17.9 Å². The van der Waals surface area contributed by atoms with E-state index in [9.17, 15) is 14.4 Å². The van der Waals surface area contributed by atoms with Crippen LogP contribution in [0.5, 0.6) is 17.2 Å². The average molecular weight is 587 g/mol. The highest BCUT2D eigenvalue weighted by Crippen LogP contribution is 2.34. The minimum Gasteiger partial charge on any atom is -0.486 e. The Labute approximate surface area is 252 Å². The minimum absolute atomic E-state index is 0.0401. The predicted molar refractivity (Wildman–Crippen MR) is 165 cm³/mol. The number of carbonyl (C=O) groups excluding carboxylic acids is 3. The highest BCUT2D eigenvalue weighted by atomic mass is 16.6. The van der Waals surface area contributed by atoms with Gasteiger partial charge in [-0.25, -0.2) is 9.59 Å². The predicted octanol–water partition coefficient (Wildman–Crippen LogP) is 6.97. The Balaban J connectivity index is 1.73. The van der Waals surface area contributed by atoms with E-state index in [1.165, 1.54) is 0 Å². The van der Waals surface area contributed by atoms with E-state index < -0.39 is 17.4 Å². The van der Waals surface area contributed by atoms with Crippen molar-refractivity contribution in [3.05, 3.63) is 91.0 Å². The van der Waals surface area contributed by atoms with Crippen LogP contribution in [0.25, 0.3) is 22.3 Å². The maximum absolute atomic E-state index is 12.0. The molecule has 8 nitrogen and oxygen atoms in total. The van der Waals surface area contributed by atoms with Gasteiger partial charge < -0.3 is 23.7 Å². The molecule has 0 fully saturated rings. The first-order valence-electron chi connectivity index (χ1n) is 13.8. The largest absolute Gasteiger partial charge is 0.486 e. The Morgan fingerprint density at radius 2 is 1.07 bits per heavy atom. The van der Waals surface area contributed by atoms with E-state index in [4.69, 9.17) is 23.7 Å². The molecule has 43 heavy (non-hydrogen) atoms. The Kier molecular flexibility index (Phi) is 11.3. The van der Waals surface area contributed by atoms with Crippen LogP contribution in [0.2, 0.25) is 0 Å². The Hall–Kier alpha value is -4.85. The summed E-state index contributed by atoms with van der Waals surface area (Å²) in [7, 11) is 0. The molecule has 3 aromatic carbocycles. The van der Waals surface area contributed by atoms with E-state index >= 15 is 0 Å². The highest BCUT2D eigenvalue weighted by Gasteiger charge is 2.23. The van der Waals surface area contributed by atoms with Crippen LogP contribution in [0.4, 0.5) is 0 Å². The third kappa shape index (κ3) is 9.88. The van der Waals surface area contributed by atoms with Crippen molar-refractivity contribution in [1.29, 1.82) is 0 Å². The summed E-state index contributed by atoms with van der Waals surface area (Å²) in [5, 5.41) is 0. The normalized spacial score (nSPS) is 10.8. The lowest BCUT2D eigenvalue weighted by Crippen LogP contribution is -2.24. The zero-order valence-electron chi connectivity index (χ0n) is 25.4. The van der Waals surface area contributed by atoms with Crippen LogP contribution in [-0.4, -0.2) is 44.3 Å². The summed E-state index contributed by atoms with van der Waals surface area (Å²) >= 11 is 0. The van der Waals surface area contributed by atoms with E-state index in [1.807, 2.05) is 48.5 Å². The van der Waals surface area contributed by atoms with Crippen LogP contribution in [0.1, 0.15) is 34.6 Å². The summed E-state index contributed by atoms with van der Waals surface area (Å²) in [6.45, 7) is 16.1. The third-order valence-electron chi connectivity index (χ3n) is 6.02. The van der Waals surface area contributed by atoms with Gasteiger partial charge in [0.05, 0.1) is 5.41 Å². The van der Waals surface area contributed by atoms with Crippen molar-refractivity contribution in [3.63, 3.8) is 0 Å². The topological polar surface area (TPSA) is 97.4 Å². The molecule has 3 rings (SSSR count). The molecule has 0 amide bonds. The van der Waals surface area contributed by atoms with Crippen molar-refractivity contribution in [2.24, 2.45) is 5.41 Å². The molecule has 0 bridgehead atoms. The van der Waals surface area contributed by atoms with Gasteiger partial charge in [0.25, 0.3) is 0 Å². The van der Waals surface area contributed by atoms with Crippen molar-refractivity contribution in [2.45, 2.75) is 34.6 Å². The van der Waals surface area contributed by atoms with Crippen LogP contribution in [0, 0.1) is 5.41 Å². The second-order valence-electron chi connectivity index (χ2n) is 10.9. The fourth-order valence-corrected chi connectivity index (χ4v) is 3.60. The lowest BCUT2D eigenvalue weighted by molar-refractivity contribution is -0.153. The summed E-state index contributed by atoms with van der Waals surface area (Å²) in [5.41, 5.74) is 3.82. The van der Waals surface area contributed by atoms with Gasteiger partial charge >= 0.3 is 17.9 Å². The molecular weight excluding hydrogens is 548 g/mol. The van der Waals surface area contributed by atoms with Crippen LogP contribution >= 0.6 is 0 Å². The Bertz CT molecular complexity index is 1460. The second kappa shape index (κ2) is 14.9. The average Bonchev–Trinajstić information content (AvgIpc) is 2.97. The zero-order valence-corrected chi connectivity index (χ0v) is 25.4. The van der Waals surface area contributed by atoms with E-state index in [-0.39, 0.29) is 32.4 Å². The second-order valence-corrected chi connectivity index (χ2v) is 10.9. The Morgan fingerprint density at radius 1 is 0.605 bits per heavy atom. The molecule has 0 aliphatic carbocycles. The van der Waals surface area contributed by atoms with Gasteiger partial charge in [0, 0.05) is 11.1 Å². The van der Waals surface area contributed by atoms with E-state index in [0.29, 0.717) is 28.4 Å². The fourth-order valence-electron chi connectivity index (χ4n) is 3.60. The lowest BCUT2D eigenvalue weighted by Gasteiger charge is -2.18. The SMILES string of the molecule is C=C(C)C(=O)OCCOc1cc(-c2ccc(-c3ccc(OC(=O)C(=C)C)cc3)cc2)ccc1OCCOC(=O)C(C)(C)C. The third-order valence-corrected chi connectivity index (χ3v) is 6.02. The van der Waals surface area contributed by atoms with E-state index in [2.05, 4.69) is 13.2 Å². The maximum Gasteiger partial charge on any atom is 0.338 e. The van der Waals surface area contributed by atoms with Gasteiger partial charge in [0.1, 0.15) is 32.2 Å². The number of rotatable bonds is 13. The molecule has 226 valence electrons. The summed E-state index contributed by atoms with van der Waals surface area (Å²) < 4.78 is 27.5. The highest BCUT2D eigenvalue weighted by molar-refractivity contribution is 5.89. The molecule has 0 radical (unpaired) electrons. The number of hydrogen-bond donors (Lipinski definition) is 0. The quantitative estimate of drug-likeness (QED) is 0.0917. The first-order chi connectivity index (χ1) is 20.3. The molecule has 0 heterocycles. The van der Waals surface area contributed by atoms with Gasteiger partial charge in [-0.1, -0.05) is 55.6 Å². The van der Waals surface area contributed by atoms with Gasteiger partial charge in [-0.05, 0) is 81.1 Å². The van der Waals surface area contributed by atoms with Gasteiger partial charge in [-0.2, -0.15) is 0 Å². The van der Waals surface area contributed by atoms with Crippen LogP contribution in [0.15, 0.2) is 91.0 Å². The summed E-state index contributed by atoms with van der Waals surface area (Å²) in [6.07, 6.45) is 0. The molecule has 0 saturated heterocycles. The lowest BCUT2D eigenvalue weighted by atomic mass is 9.97. The molecule has 8 heteroatoms. The first-order valence-corrected chi connectivity index (χ1v) is 13.8. The number of ether oxygens (including phenoxy) is 5. The molecule has 0 aromatic heterocycles. The smallest absolute Gasteiger partial charge is 0.338 e. The van der Waals surface area contributed by atoms with E-state index in [0.717, 1.165) is 22.3 Å². The van der Waals surface area contributed by atoms with Crippen LogP contribution in [-0.2, 0) is 23.9 Å². The van der Waals surface area contributed by atoms with Gasteiger partial charge in [-0.3, -0.25) is 4.79 Å². The zero-order chi connectivity index (χ0) is 31.6. The summed E-state index contributed by atoms with van der Waals surface area (Å²) in [5.74, 6) is 0.101. The molecule has 3 aromatic rings.